The van der Waals surface area contributed by atoms with E-state index in [2.05, 4.69) is 89.1 Å². The Hall–Kier alpha value is -3.27. The van der Waals surface area contributed by atoms with Gasteiger partial charge in [0.05, 0.1) is 6.42 Å². The summed E-state index contributed by atoms with van der Waals surface area (Å²) in [6.07, 6.45) is 20.0. The van der Waals surface area contributed by atoms with E-state index in [1.165, 1.54) is 60.8 Å². The summed E-state index contributed by atoms with van der Waals surface area (Å²) < 4.78 is 11.1. The number of carbonyl (C=O) groups is 1. The predicted molar refractivity (Wildman–Crippen MR) is 197 cm³/mol. The molecule has 0 atom stereocenters. The number of carbonyl (C=O) groups excluding carboxylic acids is 1. The van der Waals surface area contributed by atoms with Gasteiger partial charge in [-0.2, -0.15) is 0 Å². The number of allylic oxidation sites excluding steroid dienone is 6. The average molecular weight is 620 g/mol. The van der Waals surface area contributed by atoms with Gasteiger partial charge in [0.25, 0.3) is 0 Å². The third-order valence-electron chi connectivity index (χ3n) is 7.22. The van der Waals surface area contributed by atoms with E-state index < -0.39 is 5.79 Å². The van der Waals surface area contributed by atoms with Crippen molar-refractivity contribution < 1.29 is 14.3 Å². The number of aryl methyl sites for hydroxylation is 1. The largest absolute Gasteiger partial charge is 0.453 e. The van der Waals surface area contributed by atoms with Crippen LogP contribution in [0.3, 0.4) is 0 Å². The molecule has 0 bridgehead atoms. The van der Waals surface area contributed by atoms with E-state index in [4.69, 9.17) is 9.47 Å². The highest BCUT2D eigenvalue weighted by Crippen LogP contribution is 2.22. The van der Waals surface area contributed by atoms with Gasteiger partial charge in [-0.05, 0) is 75.8 Å². The van der Waals surface area contributed by atoms with Gasteiger partial charge in [-0.3, -0.25) is 4.79 Å². The summed E-state index contributed by atoms with van der Waals surface area (Å²) in [5.74, 6) is -0.854. The molecule has 0 aromatic heterocycles. The van der Waals surface area contributed by atoms with Gasteiger partial charge in [0.2, 0.25) is 5.79 Å². The van der Waals surface area contributed by atoms with Crippen molar-refractivity contribution in [1.29, 1.82) is 0 Å². The van der Waals surface area contributed by atoms with Crippen LogP contribution in [0.1, 0.15) is 132 Å². The van der Waals surface area contributed by atoms with Crippen molar-refractivity contribution in [3.8, 4) is 0 Å². The molecule has 0 aliphatic carbocycles. The van der Waals surface area contributed by atoms with Gasteiger partial charge in [0, 0.05) is 32.6 Å². The molecule has 4 nitrogen and oxygen atoms in total. The summed E-state index contributed by atoms with van der Waals surface area (Å²) in [5.41, 5.74) is 7.47. The van der Waals surface area contributed by atoms with Gasteiger partial charge in [-0.15, -0.1) is 0 Å². The molecule has 252 valence electrons. The predicted octanol–water partition coefficient (Wildman–Crippen LogP) is 11.9. The molecule has 0 saturated heterocycles. The maximum absolute atomic E-state index is 12.3. The second-order valence-electron chi connectivity index (χ2n) is 12.1. The monoisotopic (exact) mass is 619 g/mol. The van der Waals surface area contributed by atoms with Gasteiger partial charge >= 0.3 is 5.97 Å². The summed E-state index contributed by atoms with van der Waals surface area (Å²) in [5, 5.41) is 0. The van der Waals surface area contributed by atoms with E-state index in [9.17, 15) is 4.79 Å². The van der Waals surface area contributed by atoms with E-state index >= 15 is 0 Å². The molecule has 4 heteroatoms. The van der Waals surface area contributed by atoms with Crippen LogP contribution in [-0.2, 0) is 20.7 Å². The number of unbranched alkanes of at least 4 members (excludes halogenated alkanes) is 4. The van der Waals surface area contributed by atoms with Crippen LogP contribution in [0.15, 0.2) is 90.4 Å². The Morgan fingerprint density at radius 2 is 1.51 bits per heavy atom. The van der Waals surface area contributed by atoms with Crippen LogP contribution in [0.2, 0.25) is 0 Å². The molecule has 0 fully saturated rings. The second kappa shape index (κ2) is 24.0. The smallest absolute Gasteiger partial charge is 0.312 e. The van der Waals surface area contributed by atoms with Gasteiger partial charge in [0.15, 0.2) is 0 Å². The van der Waals surface area contributed by atoms with Crippen LogP contribution < -0.4 is 0 Å². The molecule has 0 spiro atoms. The Morgan fingerprint density at radius 1 is 0.889 bits per heavy atom. The van der Waals surface area contributed by atoms with Gasteiger partial charge in [-0.25, -0.2) is 0 Å². The van der Waals surface area contributed by atoms with Gasteiger partial charge in [0.1, 0.15) is 5.76 Å². The van der Waals surface area contributed by atoms with E-state index in [-0.39, 0.29) is 12.4 Å². The number of esters is 1. The standard InChI is InChI=1S/C26H41NO3.C13H18.C2H6/c1-8-10-11-12-19-27(20-22(4)14-13-21(3)9-2)24-16-15-23(5)29-26(6,7)30-25(28)18-17-24;1-4-5-6-12-7-9-13(10-8-12)11(2)3;1-2/h13-17H,5,8-12,18-20H2,1-4,6-7H3;7-10H,2,4-6H2,1,3H3;1-2H3/b16-15-,21-13-,22-14+,24-17+;;. The lowest BCUT2D eigenvalue weighted by Crippen LogP contribution is -2.31. The fourth-order valence-corrected chi connectivity index (χ4v) is 4.48. The zero-order chi connectivity index (χ0) is 34.3. The highest BCUT2D eigenvalue weighted by molar-refractivity contribution is 5.71. The number of cyclic esters (lactones) is 1. The molecule has 0 amide bonds. The van der Waals surface area contributed by atoms with E-state index in [0.29, 0.717) is 5.76 Å². The molecule has 1 heterocycles. The van der Waals surface area contributed by atoms with E-state index in [1.807, 2.05) is 39.0 Å². The highest BCUT2D eigenvalue weighted by atomic mass is 16.7. The molecule has 0 saturated carbocycles. The average Bonchev–Trinajstić information content (AvgIpc) is 3.01. The zero-order valence-corrected chi connectivity index (χ0v) is 30.6. The number of benzene rings is 1. The van der Waals surface area contributed by atoms with Crippen molar-refractivity contribution in [1.82, 2.24) is 4.90 Å². The lowest BCUT2D eigenvalue weighted by atomic mass is 10.0. The fourth-order valence-electron chi connectivity index (χ4n) is 4.48. The molecule has 1 aliphatic rings. The molecule has 45 heavy (non-hydrogen) atoms. The quantitative estimate of drug-likeness (QED) is 0.118. The zero-order valence-electron chi connectivity index (χ0n) is 30.6. The Kier molecular flexibility index (Phi) is 22.3. The van der Waals surface area contributed by atoms with Gasteiger partial charge in [-0.1, -0.05) is 127 Å². The molecule has 0 unspecified atom stereocenters. The molecule has 1 aromatic rings. The van der Waals surface area contributed by atoms with Crippen molar-refractivity contribution in [2.75, 3.05) is 13.1 Å². The summed E-state index contributed by atoms with van der Waals surface area (Å²) in [6.45, 7) is 30.0. The SMILES string of the molecule is C=C(C)c1ccc(CCCC)cc1.C=C1/C=C\C(N(CCCCCC)C/C(C)=C/C=C(/C)CC)=C/CC(=O)OC(C)(C)O1.CC. The van der Waals surface area contributed by atoms with E-state index in [1.54, 1.807) is 13.8 Å². The Balaban J connectivity index is 0.00000107. The first-order valence-corrected chi connectivity index (χ1v) is 17.2. The first kappa shape index (κ1) is 41.7. The summed E-state index contributed by atoms with van der Waals surface area (Å²) in [6, 6.07) is 8.74. The summed E-state index contributed by atoms with van der Waals surface area (Å²) in [4.78, 5) is 14.6. The normalized spacial score (nSPS) is 16.8. The van der Waals surface area contributed by atoms with Crippen molar-refractivity contribution in [2.24, 2.45) is 0 Å². The minimum atomic E-state index is -1.02. The third kappa shape index (κ3) is 19.7. The van der Waals surface area contributed by atoms with Crippen LogP contribution in [0, 0.1) is 0 Å². The molecular weight excluding hydrogens is 554 g/mol. The second-order valence-corrected chi connectivity index (χ2v) is 12.1. The van der Waals surface area contributed by atoms with Gasteiger partial charge < -0.3 is 14.4 Å². The summed E-state index contributed by atoms with van der Waals surface area (Å²) in [7, 11) is 0. The van der Waals surface area contributed by atoms with Crippen molar-refractivity contribution in [3.05, 3.63) is 102 Å². The number of rotatable bonds is 14. The van der Waals surface area contributed by atoms with Crippen LogP contribution in [0.4, 0.5) is 0 Å². The van der Waals surface area contributed by atoms with Crippen LogP contribution >= 0.6 is 0 Å². The number of nitrogens with zero attached hydrogens (tertiary/aromatic N) is 1. The Labute approximate surface area is 277 Å². The molecule has 1 aromatic carbocycles. The summed E-state index contributed by atoms with van der Waals surface area (Å²) >= 11 is 0. The first-order valence-electron chi connectivity index (χ1n) is 17.2. The fraction of sp³-hybridized carbons (Fsp3) is 0.537. The lowest BCUT2D eigenvalue weighted by molar-refractivity contribution is -0.199. The molecule has 1 aliphatic heterocycles. The topological polar surface area (TPSA) is 38.8 Å². The maximum atomic E-state index is 12.3. The highest BCUT2D eigenvalue weighted by Gasteiger charge is 2.25. The molecular formula is C41H65NO3. The Bertz CT molecular complexity index is 1130. The third-order valence-corrected chi connectivity index (χ3v) is 7.22. The van der Waals surface area contributed by atoms with Crippen LogP contribution in [0.25, 0.3) is 5.57 Å². The number of ether oxygens (including phenoxy) is 2. The molecule has 2 rings (SSSR count). The minimum Gasteiger partial charge on any atom is -0.453 e. The lowest BCUT2D eigenvalue weighted by Gasteiger charge is -2.29. The van der Waals surface area contributed by atoms with E-state index in [0.717, 1.165) is 37.2 Å². The van der Waals surface area contributed by atoms with Crippen molar-refractivity contribution in [3.63, 3.8) is 0 Å². The molecule has 0 radical (unpaired) electrons. The molecule has 0 N–H and O–H groups in total. The first-order chi connectivity index (χ1) is 21.4. The Morgan fingerprint density at radius 3 is 2.09 bits per heavy atom. The number of hydrogen-bond donors (Lipinski definition) is 0. The van der Waals surface area contributed by atoms with Crippen molar-refractivity contribution >= 4 is 11.5 Å². The van der Waals surface area contributed by atoms with Crippen LogP contribution in [0.5, 0.6) is 0 Å². The minimum absolute atomic E-state index is 0.210. The van der Waals surface area contributed by atoms with Crippen molar-refractivity contribution in [2.45, 2.75) is 133 Å². The maximum Gasteiger partial charge on any atom is 0.312 e. The number of hydrogen-bond acceptors (Lipinski definition) is 4. The van der Waals surface area contributed by atoms with Crippen LogP contribution in [-0.4, -0.2) is 29.7 Å².